The van der Waals surface area contributed by atoms with E-state index in [1.807, 2.05) is 37.3 Å². The van der Waals surface area contributed by atoms with Crippen LogP contribution in [0.5, 0.6) is 5.75 Å². The zero-order valence-corrected chi connectivity index (χ0v) is 18.8. The first-order valence-corrected chi connectivity index (χ1v) is 11.1. The molecule has 2 heterocycles. The van der Waals surface area contributed by atoms with Crippen LogP contribution in [0.3, 0.4) is 0 Å². The fraction of sp³-hybridized carbons (Fsp3) is 0.250. The van der Waals surface area contributed by atoms with Gasteiger partial charge in [-0.15, -0.1) is 11.3 Å². The third kappa shape index (κ3) is 5.09. The van der Waals surface area contributed by atoms with Crippen molar-refractivity contribution in [3.05, 3.63) is 69.9 Å². The number of nitrogens with zero attached hydrogens (tertiary/aromatic N) is 1. The van der Waals surface area contributed by atoms with Crippen molar-refractivity contribution in [3.8, 4) is 5.75 Å². The maximum Gasteiger partial charge on any atom is 0.265 e. The fourth-order valence-electron chi connectivity index (χ4n) is 3.44. The lowest BCUT2D eigenvalue weighted by atomic mass is 10.2. The molecule has 2 aromatic carbocycles. The maximum atomic E-state index is 12.6. The molecule has 1 aliphatic rings. The Morgan fingerprint density at radius 2 is 1.59 bits per heavy atom. The number of hydrogen-bond donors (Lipinski definition) is 2. The van der Waals surface area contributed by atoms with Crippen LogP contribution in [0.25, 0.3) is 0 Å². The lowest BCUT2D eigenvalue weighted by Gasteiger charge is -2.28. The number of thiophene rings is 1. The predicted molar refractivity (Wildman–Crippen MR) is 127 cm³/mol. The molecule has 1 fully saturated rings. The van der Waals surface area contributed by atoms with Crippen LogP contribution in [-0.2, 0) is 4.74 Å². The summed E-state index contributed by atoms with van der Waals surface area (Å²) < 4.78 is 10.6. The number of amides is 2. The van der Waals surface area contributed by atoms with Gasteiger partial charge in [-0.1, -0.05) is 0 Å². The molecule has 1 saturated heterocycles. The Balaban J connectivity index is 1.37. The lowest BCUT2D eigenvalue weighted by Crippen LogP contribution is -2.36. The smallest absolute Gasteiger partial charge is 0.265 e. The minimum absolute atomic E-state index is 0.242. The van der Waals surface area contributed by atoms with Crippen molar-refractivity contribution < 1.29 is 19.1 Å². The van der Waals surface area contributed by atoms with Crippen LogP contribution in [-0.4, -0.2) is 45.2 Å². The summed E-state index contributed by atoms with van der Waals surface area (Å²) in [6.45, 7) is 5.08. The van der Waals surface area contributed by atoms with Crippen molar-refractivity contribution in [1.29, 1.82) is 0 Å². The standard InChI is InChI=1S/C24H25N3O4S/c1-16-15-19(30-2)7-8-20(16)26-24(29)22-10-9-21(32-22)23(28)25-17-3-5-18(6-4-17)27-11-13-31-14-12-27/h3-10,15H,11-14H2,1-2H3,(H,25,28)(H,26,29). The highest BCUT2D eigenvalue weighted by Gasteiger charge is 2.16. The summed E-state index contributed by atoms with van der Waals surface area (Å²) in [5, 5.41) is 5.78. The number of morpholine rings is 1. The second-order valence-electron chi connectivity index (χ2n) is 7.40. The Morgan fingerprint density at radius 1 is 0.938 bits per heavy atom. The summed E-state index contributed by atoms with van der Waals surface area (Å²) >= 11 is 1.16. The number of benzene rings is 2. The van der Waals surface area contributed by atoms with Gasteiger partial charge in [-0.2, -0.15) is 0 Å². The van der Waals surface area contributed by atoms with Gasteiger partial charge in [0.05, 0.1) is 30.1 Å². The Bertz CT molecular complexity index is 1100. The van der Waals surface area contributed by atoms with Crippen molar-refractivity contribution >= 4 is 40.2 Å². The number of aryl methyl sites for hydroxylation is 1. The minimum atomic E-state index is -0.253. The van der Waals surface area contributed by atoms with E-state index in [1.165, 1.54) is 0 Å². The molecule has 1 aromatic heterocycles. The molecular formula is C24H25N3O4S. The van der Waals surface area contributed by atoms with Crippen LogP contribution in [0.1, 0.15) is 24.9 Å². The average molecular weight is 452 g/mol. The second kappa shape index (κ2) is 9.84. The Kier molecular flexibility index (Phi) is 6.72. The molecule has 2 N–H and O–H groups in total. The van der Waals surface area contributed by atoms with E-state index >= 15 is 0 Å². The van der Waals surface area contributed by atoms with Gasteiger partial charge < -0.3 is 25.0 Å². The van der Waals surface area contributed by atoms with Crippen LogP contribution in [0.2, 0.25) is 0 Å². The molecule has 2 amide bonds. The summed E-state index contributed by atoms with van der Waals surface area (Å²) in [7, 11) is 1.60. The Labute approximate surface area is 191 Å². The van der Waals surface area contributed by atoms with Crippen LogP contribution >= 0.6 is 11.3 Å². The first-order chi connectivity index (χ1) is 15.5. The van der Waals surface area contributed by atoms with Crippen LogP contribution in [0, 0.1) is 6.92 Å². The average Bonchev–Trinajstić information content (AvgIpc) is 3.32. The Hall–Kier alpha value is -3.36. The zero-order chi connectivity index (χ0) is 22.5. The molecule has 1 aliphatic heterocycles. The number of ether oxygens (including phenoxy) is 2. The van der Waals surface area contributed by atoms with Crippen molar-refractivity contribution in [2.75, 3.05) is 48.9 Å². The fourth-order valence-corrected chi connectivity index (χ4v) is 4.24. The molecule has 0 aliphatic carbocycles. The first kappa shape index (κ1) is 21.9. The van der Waals surface area contributed by atoms with E-state index in [9.17, 15) is 9.59 Å². The summed E-state index contributed by atoms with van der Waals surface area (Å²) in [4.78, 5) is 28.5. The molecule has 0 atom stereocenters. The number of rotatable bonds is 6. The summed E-state index contributed by atoms with van der Waals surface area (Å²) in [6, 6.07) is 16.5. The Morgan fingerprint density at radius 3 is 2.22 bits per heavy atom. The van der Waals surface area contributed by atoms with E-state index in [4.69, 9.17) is 9.47 Å². The van der Waals surface area contributed by atoms with Crippen molar-refractivity contribution in [3.63, 3.8) is 0 Å². The highest BCUT2D eigenvalue weighted by molar-refractivity contribution is 7.16. The van der Waals surface area contributed by atoms with Gasteiger partial charge in [-0.25, -0.2) is 0 Å². The highest BCUT2D eigenvalue weighted by atomic mass is 32.1. The molecule has 8 heteroatoms. The molecule has 0 unspecified atom stereocenters. The molecule has 3 aromatic rings. The van der Waals surface area contributed by atoms with Crippen molar-refractivity contribution in [1.82, 2.24) is 0 Å². The maximum absolute atomic E-state index is 12.6. The summed E-state index contributed by atoms with van der Waals surface area (Å²) in [6.07, 6.45) is 0. The van der Waals surface area contributed by atoms with Gasteiger partial charge in [0.1, 0.15) is 5.75 Å². The molecule has 166 valence electrons. The van der Waals surface area contributed by atoms with Gasteiger partial charge in [-0.3, -0.25) is 9.59 Å². The number of methoxy groups -OCH3 is 1. The van der Waals surface area contributed by atoms with Crippen LogP contribution in [0.4, 0.5) is 17.1 Å². The first-order valence-electron chi connectivity index (χ1n) is 10.3. The van der Waals surface area contributed by atoms with Crippen molar-refractivity contribution in [2.24, 2.45) is 0 Å². The van der Waals surface area contributed by atoms with Gasteiger partial charge in [0.2, 0.25) is 0 Å². The zero-order valence-electron chi connectivity index (χ0n) is 18.0. The number of anilines is 3. The molecular weight excluding hydrogens is 426 g/mol. The van der Waals surface area contributed by atoms with Gasteiger partial charge >= 0.3 is 0 Å². The molecule has 32 heavy (non-hydrogen) atoms. The van der Waals surface area contributed by atoms with E-state index in [2.05, 4.69) is 15.5 Å². The van der Waals surface area contributed by atoms with E-state index in [0.29, 0.717) is 21.1 Å². The topological polar surface area (TPSA) is 79.9 Å². The number of carbonyl (C=O) groups excluding carboxylic acids is 2. The van der Waals surface area contributed by atoms with Gasteiger partial charge in [0.25, 0.3) is 11.8 Å². The highest BCUT2D eigenvalue weighted by Crippen LogP contribution is 2.24. The summed E-state index contributed by atoms with van der Waals surface area (Å²) in [5.74, 6) is 0.236. The van der Waals surface area contributed by atoms with Crippen LogP contribution < -0.4 is 20.3 Å². The third-order valence-corrected chi connectivity index (χ3v) is 6.32. The van der Waals surface area contributed by atoms with E-state index < -0.39 is 0 Å². The molecule has 0 spiro atoms. The van der Waals surface area contributed by atoms with Crippen molar-refractivity contribution in [2.45, 2.75) is 6.92 Å². The quantitative estimate of drug-likeness (QED) is 0.581. The van der Waals surface area contributed by atoms with Crippen LogP contribution in [0.15, 0.2) is 54.6 Å². The number of carbonyl (C=O) groups is 2. The molecule has 0 saturated carbocycles. The largest absolute Gasteiger partial charge is 0.497 e. The molecule has 0 radical (unpaired) electrons. The van der Waals surface area contributed by atoms with Gasteiger partial charge in [-0.05, 0) is 67.1 Å². The number of nitrogens with one attached hydrogen (secondary N) is 2. The van der Waals surface area contributed by atoms with Gasteiger partial charge in [0, 0.05) is 30.2 Å². The van der Waals surface area contributed by atoms with E-state index in [0.717, 1.165) is 54.6 Å². The number of hydrogen-bond acceptors (Lipinski definition) is 6. The predicted octanol–water partition coefficient (Wildman–Crippen LogP) is 4.41. The monoisotopic (exact) mass is 451 g/mol. The minimum Gasteiger partial charge on any atom is -0.497 e. The molecule has 7 nitrogen and oxygen atoms in total. The molecule has 0 bridgehead atoms. The molecule has 4 rings (SSSR count). The SMILES string of the molecule is COc1ccc(NC(=O)c2ccc(C(=O)Nc3ccc(N4CCOCC4)cc3)s2)c(C)c1. The second-order valence-corrected chi connectivity index (χ2v) is 8.48. The third-order valence-electron chi connectivity index (χ3n) is 5.24. The normalized spacial score (nSPS) is 13.5. The van der Waals surface area contributed by atoms with E-state index in [1.54, 1.807) is 31.4 Å². The van der Waals surface area contributed by atoms with Gasteiger partial charge in [0.15, 0.2) is 0 Å². The van der Waals surface area contributed by atoms with E-state index in [-0.39, 0.29) is 11.8 Å². The summed E-state index contributed by atoms with van der Waals surface area (Å²) in [5.41, 5.74) is 3.42. The lowest BCUT2D eigenvalue weighted by molar-refractivity contribution is 0.102.